The van der Waals surface area contributed by atoms with Crippen molar-refractivity contribution in [2.45, 2.75) is 70.6 Å². The van der Waals surface area contributed by atoms with Crippen LogP contribution >= 0.6 is 11.6 Å². The number of halogens is 1. The summed E-state index contributed by atoms with van der Waals surface area (Å²) in [5.41, 5.74) is 0.792. The van der Waals surface area contributed by atoms with Crippen LogP contribution in [0.25, 0.3) is 0 Å². The van der Waals surface area contributed by atoms with E-state index in [1.807, 2.05) is 19.9 Å². The number of allylic oxidation sites excluding steroid dienone is 1. The van der Waals surface area contributed by atoms with Crippen LogP contribution in [0.2, 0.25) is 0 Å². The molecule has 2 rings (SSSR count). The van der Waals surface area contributed by atoms with Gasteiger partial charge in [-0.15, -0.1) is 18.2 Å². The summed E-state index contributed by atoms with van der Waals surface area (Å²) >= 11 is 6.23. The van der Waals surface area contributed by atoms with Crippen molar-refractivity contribution in [3.05, 3.63) is 72.3 Å². The van der Waals surface area contributed by atoms with Crippen molar-refractivity contribution in [1.82, 2.24) is 0 Å². The third-order valence-electron chi connectivity index (χ3n) is 6.10. The largest absolute Gasteiger partial charge is 0.494 e. The monoisotopic (exact) mass is 514 g/mol. The van der Waals surface area contributed by atoms with E-state index in [1.165, 1.54) is 25.7 Å². The van der Waals surface area contributed by atoms with Gasteiger partial charge in [-0.3, -0.25) is 0 Å². The molecule has 36 heavy (non-hydrogen) atoms. The lowest BCUT2D eigenvalue weighted by Gasteiger charge is -2.16. The number of hydrogen-bond donors (Lipinski definition) is 0. The molecule has 5 nitrogen and oxygen atoms in total. The van der Waals surface area contributed by atoms with E-state index >= 15 is 0 Å². The Kier molecular flexibility index (Phi) is 13.7. The highest BCUT2D eigenvalue weighted by atomic mass is 35.5. The third kappa shape index (κ3) is 10.9. The van der Waals surface area contributed by atoms with E-state index in [9.17, 15) is 9.59 Å². The molecule has 0 heterocycles. The molecular formula is C30H39ClO5. The van der Waals surface area contributed by atoms with E-state index in [2.05, 4.69) is 6.58 Å². The second-order valence-corrected chi connectivity index (χ2v) is 9.55. The van der Waals surface area contributed by atoms with Gasteiger partial charge in [0.05, 0.1) is 23.1 Å². The maximum atomic E-state index is 12.5. The lowest BCUT2D eigenvalue weighted by molar-refractivity contribution is 0.0489. The number of carbonyl (C=O) groups excluding carboxylic acids is 2. The molecular weight excluding hydrogens is 476 g/mol. The Hall–Kier alpha value is -2.79. The van der Waals surface area contributed by atoms with Gasteiger partial charge in [0.2, 0.25) is 0 Å². The number of carbonyl (C=O) groups is 2. The maximum absolute atomic E-state index is 12.5. The van der Waals surface area contributed by atoms with E-state index in [0.29, 0.717) is 23.5 Å². The summed E-state index contributed by atoms with van der Waals surface area (Å²) in [5, 5.41) is -0.224. The van der Waals surface area contributed by atoms with Crippen molar-refractivity contribution in [2.24, 2.45) is 5.92 Å². The summed E-state index contributed by atoms with van der Waals surface area (Å²) in [7, 11) is 0. The number of unbranched alkanes of at least 4 members (excludes halogenated alkanes) is 6. The lowest BCUT2D eigenvalue weighted by atomic mass is 10.1. The molecule has 2 atom stereocenters. The van der Waals surface area contributed by atoms with Gasteiger partial charge in [-0.2, -0.15) is 0 Å². The van der Waals surface area contributed by atoms with Gasteiger partial charge in [-0.25, -0.2) is 9.59 Å². The molecule has 0 saturated heterocycles. The van der Waals surface area contributed by atoms with Crippen LogP contribution in [0.1, 0.15) is 85.9 Å². The predicted molar refractivity (Wildman–Crippen MR) is 145 cm³/mol. The van der Waals surface area contributed by atoms with E-state index in [1.54, 1.807) is 48.5 Å². The Morgan fingerprint density at radius 2 is 1.42 bits per heavy atom. The minimum atomic E-state index is -0.480. The molecule has 0 aliphatic carbocycles. The molecule has 2 unspecified atom stereocenters. The van der Waals surface area contributed by atoms with Crippen molar-refractivity contribution in [3.8, 4) is 11.5 Å². The molecule has 0 saturated carbocycles. The van der Waals surface area contributed by atoms with Crippen LogP contribution in [0.5, 0.6) is 11.5 Å². The van der Waals surface area contributed by atoms with E-state index < -0.39 is 11.9 Å². The van der Waals surface area contributed by atoms with Gasteiger partial charge in [0, 0.05) is 0 Å². The lowest BCUT2D eigenvalue weighted by Crippen LogP contribution is -2.20. The standard InChI is InChI=1S/C30H39ClO5/c1-4-6-7-8-9-10-11-12-21-34-26-17-13-25(14-18-26)30(33)36-27-19-15-24(16-20-27)29(32)35-22-28(31)23(3)5-2/h4,13-20,23,28H,1,5-12,21-22H2,2-3H3. The van der Waals surface area contributed by atoms with Gasteiger partial charge < -0.3 is 14.2 Å². The molecule has 196 valence electrons. The third-order valence-corrected chi connectivity index (χ3v) is 6.65. The first-order valence-corrected chi connectivity index (χ1v) is 13.4. The molecule has 2 aromatic carbocycles. The zero-order chi connectivity index (χ0) is 26.2. The first-order valence-electron chi connectivity index (χ1n) is 12.9. The molecule has 0 bridgehead atoms. The highest BCUT2D eigenvalue weighted by molar-refractivity contribution is 6.21. The van der Waals surface area contributed by atoms with Gasteiger partial charge in [0.25, 0.3) is 0 Å². The number of benzene rings is 2. The Labute approximate surface area is 220 Å². The fourth-order valence-corrected chi connectivity index (χ4v) is 3.70. The van der Waals surface area contributed by atoms with Crippen LogP contribution in [0, 0.1) is 5.92 Å². The normalized spacial score (nSPS) is 12.4. The molecule has 0 radical (unpaired) electrons. The zero-order valence-electron chi connectivity index (χ0n) is 21.5. The molecule has 0 spiro atoms. The van der Waals surface area contributed by atoms with Gasteiger partial charge >= 0.3 is 11.9 Å². The number of esters is 2. The Balaban J connectivity index is 1.71. The molecule has 2 aromatic rings. The SMILES string of the molecule is C=CCCCCCCCCOc1ccc(C(=O)Oc2ccc(C(=O)OCC(Cl)C(C)CC)cc2)cc1. The first-order chi connectivity index (χ1) is 17.4. The predicted octanol–water partition coefficient (Wildman–Crippen LogP) is 8.01. The molecule has 0 fully saturated rings. The topological polar surface area (TPSA) is 61.8 Å². The van der Waals surface area contributed by atoms with Crippen LogP contribution < -0.4 is 9.47 Å². The summed E-state index contributed by atoms with van der Waals surface area (Å²) in [6, 6.07) is 13.2. The molecule has 6 heteroatoms. The Morgan fingerprint density at radius 1 is 0.861 bits per heavy atom. The summed E-state index contributed by atoms with van der Waals surface area (Å²) in [4.78, 5) is 24.7. The van der Waals surface area contributed by atoms with Gasteiger partial charge in [0.1, 0.15) is 18.1 Å². The van der Waals surface area contributed by atoms with Crippen LogP contribution in [-0.2, 0) is 4.74 Å². The second kappa shape index (κ2) is 16.8. The van der Waals surface area contributed by atoms with E-state index in [0.717, 1.165) is 31.4 Å². The summed E-state index contributed by atoms with van der Waals surface area (Å²) in [6.45, 7) is 8.62. The van der Waals surface area contributed by atoms with Crippen LogP contribution in [0.15, 0.2) is 61.2 Å². The van der Waals surface area contributed by atoms with Gasteiger partial charge in [-0.05, 0) is 73.7 Å². The fraction of sp³-hybridized carbons (Fsp3) is 0.467. The summed E-state index contributed by atoms with van der Waals surface area (Å²) in [5.74, 6) is 0.395. The molecule has 0 aliphatic rings. The van der Waals surface area contributed by atoms with Crippen molar-refractivity contribution in [2.75, 3.05) is 13.2 Å². The molecule has 0 N–H and O–H groups in total. The fourth-order valence-electron chi connectivity index (χ4n) is 3.46. The second-order valence-electron chi connectivity index (χ2n) is 8.99. The van der Waals surface area contributed by atoms with Crippen LogP contribution in [0.3, 0.4) is 0 Å². The quantitative estimate of drug-likeness (QED) is 0.0703. The zero-order valence-corrected chi connectivity index (χ0v) is 22.3. The minimum Gasteiger partial charge on any atom is -0.494 e. The highest BCUT2D eigenvalue weighted by Gasteiger charge is 2.16. The average molecular weight is 515 g/mol. The van der Waals surface area contributed by atoms with Crippen molar-refractivity contribution >= 4 is 23.5 Å². The first kappa shape index (κ1) is 29.4. The average Bonchev–Trinajstić information content (AvgIpc) is 2.90. The van der Waals surface area contributed by atoms with E-state index in [-0.39, 0.29) is 17.9 Å². The molecule has 0 aromatic heterocycles. The smallest absolute Gasteiger partial charge is 0.343 e. The number of alkyl halides is 1. The highest BCUT2D eigenvalue weighted by Crippen LogP contribution is 2.19. The van der Waals surface area contributed by atoms with Crippen LogP contribution in [-0.4, -0.2) is 30.5 Å². The summed E-state index contributed by atoms with van der Waals surface area (Å²) < 4.78 is 16.5. The van der Waals surface area contributed by atoms with Gasteiger partial charge in [0.15, 0.2) is 0 Å². The van der Waals surface area contributed by atoms with Crippen molar-refractivity contribution < 1.29 is 23.8 Å². The number of ether oxygens (including phenoxy) is 3. The minimum absolute atomic E-state index is 0.155. The molecule has 0 aliphatic heterocycles. The maximum Gasteiger partial charge on any atom is 0.343 e. The van der Waals surface area contributed by atoms with Crippen LogP contribution in [0.4, 0.5) is 0 Å². The Morgan fingerprint density at radius 3 is 2.03 bits per heavy atom. The van der Waals surface area contributed by atoms with Gasteiger partial charge in [-0.1, -0.05) is 52.0 Å². The van der Waals surface area contributed by atoms with Crippen molar-refractivity contribution in [1.29, 1.82) is 0 Å². The Bertz CT molecular complexity index is 923. The molecule has 0 amide bonds. The van der Waals surface area contributed by atoms with E-state index in [4.69, 9.17) is 25.8 Å². The summed E-state index contributed by atoms with van der Waals surface area (Å²) in [6.07, 6.45) is 11.1. The van der Waals surface area contributed by atoms with Crippen molar-refractivity contribution in [3.63, 3.8) is 0 Å². The number of rotatable bonds is 17. The number of hydrogen-bond acceptors (Lipinski definition) is 5.